The zero-order valence-corrected chi connectivity index (χ0v) is 13.6. The molecule has 0 amide bonds. The van der Waals surface area contributed by atoms with E-state index in [9.17, 15) is 5.11 Å². The lowest BCUT2D eigenvalue weighted by atomic mass is 9.82. The lowest BCUT2D eigenvalue weighted by Gasteiger charge is -2.33. The minimum atomic E-state index is 0.131. The van der Waals surface area contributed by atoms with Crippen molar-refractivity contribution in [2.24, 2.45) is 5.92 Å². The number of phenolic OH excluding ortho intramolecular Hbond substituents is 1. The lowest BCUT2D eigenvalue weighted by Crippen LogP contribution is -2.38. The Labute approximate surface area is 128 Å². The van der Waals surface area contributed by atoms with Gasteiger partial charge < -0.3 is 15.2 Å². The van der Waals surface area contributed by atoms with Gasteiger partial charge in [0.15, 0.2) is 0 Å². The number of hydrogen-bond acceptors (Lipinski definition) is 3. The van der Waals surface area contributed by atoms with Crippen LogP contribution < -0.4 is 10.1 Å². The van der Waals surface area contributed by atoms with Crippen molar-refractivity contribution in [1.82, 2.24) is 5.32 Å². The number of phenols is 1. The van der Waals surface area contributed by atoms with Crippen LogP contribution in [-0.2, 0) is 0 Å². The molecule has 1 aromatic rings. The minimum absolute atomic E-state index is 0.131. The highest BCUT2D eigenvalue weighted by Gasteiger charge is 2.24. The Morgan fingerprint density at radius 2 is 2.00 bits per heavy atom. The molecule has 1 aromatic carbocycles. The van der Waals surface area contributed by atoms with E-state index in [1.54, 1.807) is 19.2 Å². The van der Waals surface area contributed by atoms with Gasteiger partial charge in [-0.15, -0.1) is 0 Å². The summed E-state index contributed by atoms with van der Waals surface area (Å²) < 4.78 is 5.27. The van der Waals surface area contributed by atoms with Crippen LogP contribution in [0.15, 0.2) is 18.2 Å². The summed E-state index contributed by atoms with van der Waals surface area (Å²) >= 11 is 0. The third-order valence-electron chi connectivity index (χ3n) is 4.82. The molecule has 2 atom stereocenters. The van der Waals surface area contributed by atoms with Crippen LogP contribution in [0, 0.1) is 5.92 Å². The van der Waals surface area contributed by atoms with Crippen molar-refractivity contribution in [3.8, 4) is 11.5 Å². The molecule has 3 heteroatoms. The molecule has 1 aliphatic carbocycles. The number of nitrogens with one attached hydrogen (secondary N) is 1. The largest absolute Gasteiger partial charge is 0.508 e. The van der Waals surface area contributed by atoms with Gasteiger partial charge in [-0.25, -0.2) is 0 Å². The Hall–Kier alpha value is -1.22. The molecule has 0 heterocycles. The van der Waals surface area contributed by atoms with Crippen LogP contribution in [0.4, 0.5) is 0 Å². The van der Waals surface area contributed by atoms with E-state index in [2.05, 4.69) is 19.2 Å². The second kappa shape index (κ2) is 7.69. The van der Waals surface area contributed by atoms with Gasteiger partial charge in [-0.1, -0.05) is 26.2 Å². The fourth-order valence-corrected chi connectivity index (χ4v) is 3.54. The molecule has 1 aliphatic rings. The summed E-state index contributed by atoms with van der Waals surface area (Å²) in [6, 6.07) is 6.11. The molecule has 118 valence electrons. The van der Waals surface area contributed by atoms with Gasteiger partial charge in [-0.05, 0) is 50.3 Å². The van der Waals surface area contributed by atoms with Crippen LogP contribution in [0.1, 0.15) is 64.0 Å². The van der Waals surface area contributed by atoms with Crippen LogP contribution in [0.2, 0.25) is 0 Å². The first-order valence-electron chi connectivity index (χ1n) is 8.28. The number of benzene rings is 1. The average Bonchev–Trinajstić information content (AvgIpc) is 2.53. The molecular weight excluding hydrogens is 262 g/mol. The SMILES string of the molecule is CCC(NC(C)c1cc(OC)ccc1O)C1CCCCC1. The van der Waals surface area contributed by atoms with Gasteiger partial charge in [0, 0.05) is 17.6 Å². The first-order chi connectivity index (χ1) is 10.2. The van der Waals surface area contributed by atoms with E-state index in [0.29, 0.717) is 11.8 Å². The highest BCUT2D eigenvalue weighted by molar-refractivity contribution is 5.41. The summed E-state index contributed by atoms with van der Waals surface area (Å²) in [5.41, 5.74) is 0.920. The molecule has 0 bridgehead atoms. The number of rotatable bonds is 6. The fraction of sp³-hybridized carbons (Fsp3) is 0.667. The molecule has 1 saturated carbocycles. The monoisotopic (exact) mass is 291 g/mol. The molecule has 0 saturated heterocycles. The Kier molecular flexibility index (Phi) is 5.92. The van der Waals surface area contributed by atoms with Crippen LogP contribution in [-0.4, -0.2) is 18.3 Å². The van der Waals surface area contributed by atoms with E-state index in [-0.39, 0.29) is 6.04 Å². The summed E-state index contributed by atoms with van der Waals surface area (Å²) in [6.45, 7) is 4.38. The quantitative estimate of drug-likeness (QED) is 0.815. The van der Waals surface area contributed by atoms with E-state index >= 15 is 0 Å². The van der Waals surface area contributed by atoms with Crippen LogP contribution in [0.3, 0.4) is 0 Å². The van der Waals surface area contributed by atoms with E-state index in [1.807, 2.05) is 6.07 Å². The third-order valence-corrected chi connectivity index (χ3v) is 4.82. The summed E-state index contributed by atoms with van der Waals surface area (Å²) in [5.74, 6) is 1.91. The second-order valence-corrected chi connectivity index (χ2v) is 6.23. The first-order valence-corrected chi connectivity index (χ1v) is 8.28. The smallest absolute Gasteiger partial charge is 0.120 e. The number of methoxy groups -OCH3 is 1. The number of aromatic hydroxyl groups is 1. The van der Waals surface area contributed by atoms with E-state index in [0.717, 1.165) is 23.7 Å². The van der Waals surface area contributed by atoms with Crippen molar-refractivity contribution in [2.45, 2.75) is 64.5 Å². The van der Waals surface area contributed by atoms with Crippen molar-refractivity contribution in [1.29, 1.82) is 0 Å². The summed E-state index contributed by atoms with van der Waals surface area (Å²) in [5, 5.41) is 13.8. The molecule has 0 aliphatic heterocycles. The predicted octanol–water partition coefficient (Wildman–Crippen LogP) is 4.41. The Morgan fingerprint density at radius 1 is 1.29 bits per heavy atom. The Bertz CT molecular complexity index is 441. The van der Waals surface area contributed by atoms with Crippen molar-refractivity contribution >= 4 is 0 Å². The van der Waals surface area contributed by atoms with Crippen molar-refractivity contribution in [2.75, 3.05) is 7.11 Å². The lowest BCUT2D eigenvalue weighted by molar-refractivity contribution is 0.248. The van der Waals surface area contributed by atoms with Gasteiger partial charge in [0.25, 0.3) is 0 Å². The van der Waals surface area contributed by atoms with Gasteiger partial charge in [0.2, 0.25) is 0 Å². The fourth-order valence-electron chi connectivity index (χ4n) is 3.54. The summed E-state index contributed by atoms with van der Waals surface area (Å²) in [4.78, 5) is 0. The molecule has 3 nitrogen and oxygen atoms in total. The van der Waals surface area contributed by atoms with Crippen molar-refractivity contribution < 1.29 is 9.84 Å². The third kappa shape index (κ3) is 4.13. The van der Waals surface area contributed by atoms with E-state index in [4.69, 9.17) is 4.74 Å². The molecular formula is C18H29NO2. The maximum absolute atomic E-state index is 10.1. The number of ether oxygens (including phenoxy) is 1. The molecule has 1 fully saturated rings. The van der Waals surface area contributed by atoms with Gasteiger partial charge >= 0.3 is 0 Å². The Balaban J connectivity index is 2.06. The van der Waals surface area contributed by atoms with Gasteiger partial charge in [0.1, 0.15) is 11.5 Å². The van der Waals surface area contributed by atoms with Gasteiger partial charge in [-0.3, -0.25) is 0 Å². The Morgan fingerprint density at radius 3 is 2.62 bits per heavy atom. The van der Waals surface area contributed by atoms with Crippen LogP contribution >= 0.6 is 0 Å². The van der Waals surface area contributed by atoms with Gasteiger partial charge in [0.05, 0.1) is 7.11 Å². The van der Waals surface area contributed by atoms with E-state index in [1.165, 1.54) is 32.1 Å². The van der Waals surface area contributed by atoms with Crippen LogP contribution in [0.5, 0.6) is 11.5 Å². The highest BCUT2D eigenvalue weighted by Crippen LogP contribution is 2.32. The van der Waals surface area contributed by atoms with Gasteiger partial charge in [-0.2, -0.15) is 0 Å². The average molecular weight is 291 g/mol. The number of hydrogen-bond donors (Lipinski definition) is 2. The maximum atomic E-state index is 10.1. The standard InChI is InChI=1S/C18H29NO2/c1-4-17(14-8-6-5-7-9-14)19-13(2)16-12-15(21-3)10-11-18(16)20/h10-14,17,19-20H,4-9H2,1-3H3. The highest BCUT2D eigenvalue weighted by atomic mass is 16.5. The molecule has 2 unspecified atom stereocenters. The molecule has 2 rings (SSSR count). The van der Waals surface area contributed by atoms with E-state index < -0.39 is 0 Å². The normalized spacial score (nSPS) is 19.2. The molecule has 2 N–H and O–H groups in total. The van der Waals surface area contributed by atoms with Crippen molar-refractivity contribution in [3.63, 3.8) is 0 Å². The maximum Gasteiger partial charge on any atom is 0.120 e. The molecule has 0 spiro atoms. The van der Waals surface area contributed by atoms with Crippen LogP contribution in [0.25, 0.3) is 0 Å². The zero-order chi connectivity index (χ0) is 15.2. The first kappa shape index (κ1) is 16.2. The topological polar surface area (TPSA) is 41.5 Å². The molecule has 21 heavy (non-hydrogen) atoms. The molecule has 0 radical (unpaired) electrons. The predicted molar refractivity (Wildman–Crippen MR) is 86.9 cm³/mol. The second-order valence-electron chi connectivity index (χ2n) is 6.23. The summed E-state index contributed by atoms with van der Waals surface area (Å²) in [6.07, 6.45) is 7.92. The zero-order valence-electron chi connectivity index (χ0n) is 13.6. The molecule has 0 aromatic heterocycles. The summed E-state index contributed by atoms with van der Waals surface area (Å²) in [7, 11) is 1.66. The van der Waals surface area contributed by atoms with Crippen molar-refractivity contribution in [3.05, 3.63) is 23.8 Å². The minimum Gasteiger partial charge on any atom is -0.508 e.